The molecule has 6 heteroatoms. The van der Waals surface area contributed by atoms with Crippen LogP contribution in [0.1, 0.15) is 37.7 Å². The summed E-state index contributed by atoms with van der Waals surface area (Å²) in [5, 5.41) is 5.67. The number of hydrogen-bond acceptors (Lipinski definition) is 4. The molecule has 1 fully saturated rings. The van der Waals surface area contributed by atoms with Crippen molar-refractivity contribution in [2.75, 3.05) is 13.6 Å². The Labute approximate surface area is 132 Å². The third-order valence-corrected chi connectivity index (χ3v) is 3.47. The van der Waals surface area contributed by atoms with Gasteiger partial charge in [-0.25, -0.2) is 4.98 Å². The molecule has 5 nitrogen and oxygen atoms in total. The lowest BCUT2D eigenvalue weighted by molar-refractivity contribution is -0.120. The number of amides is 1. The van der Waals surface area contributed by atoms with Crippen LogP contribution in [0, 0.1) is 0 Å². The molecule has 1 heterocycles. The molecule has 1 aromatic rings. The molecule has 2 N–H and O–H groups in total. The zero-order valence-electron chi connectivity index (χ0n) is 12.4. The first-order chi connectivity index (χ1) is 9.78. The summed E-state index contributed by atoms with van der Waals surface area (Å²) in [7, 11) is 1.75. The second-order valence-electron chi connectivity index (χ2n) is 5.19. The molecule has 21 heavy (non-hydrogen) atoms. The zero-order valence-corrected chi connectivity index (χ0v) is 13.2. The number of likely N-dealkylation sites (N-methyl/N-ethyl adjacent to an activating group) is 1. The van der Waals surface area contributed by atoms with Gasteiger partial charge in [-0.05, 0) is 44.4 Å². The maximum Gasteiger partial charge on any atom is 0.234 e. The summed E-state index contributed by atoms with van der Waals surface area (Å²) in [6.45, 7) is 0.834. The van der Waals surface area contributed by atoms with Gasteiger partial charge in [-0.2, -0.15) is 0 Å². The van der Waals surface area contributed by atoms with E-state index in [1.165, 1.54) is 19.3 Å². The van der Waals surface area contributed by atoms with Crippen LogP contribution in [0.5, 0.6) is 5.88 Å². The molecule has 2 rings (SSSR count). The van der Waals surface area contributed by atoms with Crippen LogP contribution in [0.3, 0.4) is 0 Å². The minimum atomic E-state index is -0.0148. The predicted molar refractivity (Wildman–Crippen MR) is 84.8 cm³/mol. The standard InChI is InChI=1S/C15H23N3O2.ClH/c1-16-11-14(19)18-10-12-7-8-17-15(9-12)20-13-5-3-2-4-6-13;/h7-9,13,16H,2-6,10-11H2,1H3,(H,18,19);1H. The minimum Gasteiger partial charge on any atom is -0.474 e. The number of carbonyl (C=O) groups excluding carboxylic acids is 1. The molecule has 0 saturated heterocycles. The van der Waals surface area contributed by atoms with Gasteiger partial charge in [0.15, 0.2) is 0 Å². The van der Waals surface area contributed by atoms with Gasteiger partial charge >= 0.3 is 0 Å². The van der Waals surface area contributed by atoms with Crippen LogP contribution in [-0.4, -0.2) is 30.6 Å². The van der Waals surface area contributed by atoms with Crippen LogP contribution >= 0.6 is 12.4 Å². The number of ether oxygens (including phenoxy) is 1. The van der Waals surface area contributed by atoms with Gasteiger partial charge in [-0.3, -0.25) is 4.79 Å². The molecule has 1 aliphatic carbocycles. The molecule has 0 aliphatic heterocycles. The Morgan fingerprint density at radius 2 is 2.14 bits per heavy atom. The first kappa shape index (κ1) is 17.7. The van der Waals surface area contributed by atoms with Gasteiger partial charge in [0.1, 0.15) is 6.10 Å². The van der Waals surface area contributed by atoms with E-state index in [1.54, 1.807) is 13.2 Å². The monoisotopic (exact) mass is 313 g/mol. The number of halogens is 1. The fraction of sp³-hybridized carbons (Fsp3) is 0.600. The highest BCUT2D eigenvalue weighted by Crippen LogP contribution is 2.22. The average Bonchev–Trinajstić information content (AvgIpc) is 2.47. The van der Waals surface area contributed by atoms with Gasteiger partial charge < -0.3 is 15.4 Å². The highest BCUT2D eigenvalue weighted by atomic mass is 35.5. The average molecular weight is 314 g/mol. The second kappa shape index (κ2) is 9.58. The summed E-state index contributed by atoms with van der Waals surface area (Å²) in [5.41, 5.74) is 1.01. The van der Waals surface area contributed by atoms with E-state index in [2.05, 4.69) is 15.6 Å². The SMILES string of the molecule is CNCC(=O)NCc1ccnc(OC2CCCCC2)c1.Cl. The number of nitrogens with zero attached hydrogens (tertiary/aromatic N) is 1. The topological polar surface area (TPSA) is 63.2 Å². The number of nitrogens with one attached hydrogen (secondary N) is 2. The van der Waals surface area contributed by atoms with E-state index in [0.29, 0.717) is 25.1 Å². The largest absolute Gasteiger partial charge is 0.474 e. The summed E-state index contributed by atoms with van der Waals surface area (Å²) in [6.07, 6.45) is 8.05. The lowest BCUT2D eigenvalue weighted by Crippen LogP contribution is -2.31. The lowest BCUT2D eigenvalue weighted by atomic mass is 9.98. The Kier molecular flexibility index (Phi) is 8.08. The summed E-state index contributed by atoms with van der Waals surface area (Å²) < 4.78 is 5.91. The van der Waals surface area contributed by atoms with Gasteiger partial charge in [-0.15, -0.1) is 12.4 Å². The number of carbonyl (C=O) groups is 1. The molecule has 1 amide bonds. The van der Waals surface area contributed by atoms with Gasteiger partial charge in [0, 0.05) is 18.8 Å². The predicted octanol–water partition coefficient (Wildman–Crippen LogP) is 2.05. The summed E-state index contributed by atoms with van der Waals surface area (Å²) in [5.74, 6) is 0.649. The zero-order chi connectivity index (χ0) is 14.2. The lowest BCUT2D eigenvalue weighted by Gasteiger charge is -2.22. The van der Waals surface area contributed by atoms with Gasteiger partial charge in [0.05, 0.1) is 6.54 Å². The summed E-state index contributed by atoms with van der Waals surface area (Å²) >= 11 is 0. The van der Waals surface area contributed by atoms with Crippen molar-refractivity contribution in [3.63, 3.8) is 0 Å². The van der Waals surface area contributed by atoms with E-state index in [0.717, 1.165) is 18.4 Å². The van der Waals surface area contributed by atoms with Gasteiger partial charge in [-0.1, -0.05) is 6.42 Å². The Bertz CT molecular complexity index is 437. The molecular weight excluding hydrogens is 290 g/mol. The van der Waals surface area contributed by atoms with E-state index >= 15 is 0 Å². The van der Waals surface area contributed by atoms with Crippen LogP contribution in [0.25, 0.3) is 0 Å². The Morgan fingerprint density at radius 3 is 2.86 bits per heavy atom. The third kappa shape index (κ3) is 6.31. The van der Waals surface area contributed by atoms with E-state index < -0.39 is 0 Å². The Balaban J connectivity index is 0.00000220. The van der Waals surface area contributed by atoms with Crippen molar-refractivity contribution < 1.29 is 9.53 Å². The van der Waals surface area contributed by atoms with E-state index in [1.807, 2.05) is 12.1 Å². The van der Waals surface area contributed by atoms with Crippen molar-refractivity contribution in [2.24, 2.45) is 0 Å². The fourth-order valence-electron chi connectivity index (χ4n) is 2.40. The molecule has 0 radical (unpaired) electrons. The van der Waals surface area contributed by atoms with Crippen LogP contribution in [0.4, 0.5) is 0 Å². The van der Waals surface area contributed by atoms with E-state index in [9.17, 15) is 4.79 Å². The third-order valence-electron chi connectivity index (χ3n) is 3.47. The molecule has 0 unspecified atom stereocenters. The van der Waals surface area contributed by atoms with Crippen molar-refractivity contribution in [3.05, 3.63) is 23.9 Å². The molecule has 0 bridgehead atoms. The number of rotatable bonds is 6. The quantitative estimate of drug-likeness (QED) is 0.844. The maximum atomic E-state index is 11.4. The van der Waals surface area contributed by atoms with Crippen LogP contribution in [0.15, 0.2) is 18.3 Å². The number of hydrogen-bond donors (Lipinski definition) is 2. The maximum absolute atomic E-state index is 11.4. The highest BCUT2D eigenvalue weighted by Gasteiger charge is 2.15. The molecular formula is C15H24ClN3O2. The fourth-order valence-corrected chi connectivity index (χ4v) is 2.40. The number of pyridine rings is 1. The molecule has 1 saturated carbocycles. The molecule has 1 aliphatic rings. The molecule has 0 spiro atoms. The molecule has 0 atom stereocenters. The summed E-state index contributed by atoms with van der Waals surface area (Å²) in [4.78, 5) is 15.6. The molecule has 0 aromatic carbocycles. The smallest absolute Gasteiger partial charge is 0.234 e. The van der Waals surface area contributed by atoms with Crippen LogP contribution < -0.4 is 15.4 Å². The normalized spacial score (nSPS) is 15.1. The van der Waals surface area contributed by atoms with Gasteiger partial charge in [0.2, 0.25) is 11.8 Å². The first-order valence-electron chi connectivity index (χ1n) is 7.31. The van der Waals surface area contributed by atoms with E-state index in [-0.39, 0.29) is 18.3 Å². The minimum absolute atomic E-state index is 0. The van der Waals surface area contributed by atoms with Crippen molar-refractivity contribution in [1.29, 1.82) is 0 Å². The van der Waals surface area contributed by atoms with Crippen molar-refractivity contribution in [1.82, 2.24) is 15.6 Å². The Morgan fingerprint density at radius 1 is 1.38 bits per heavy atom. The highest BCUT2D eigenvalue weighted by molar-refractivity contribution is 5.85. The second-order valence-corrected chi connectivity index (χ2v) is 5.19. The first-order valence-corrected chi connectivity index (χ1v) is 7.31. The van der Waals surface area contributed by atoms with E-state index in [4.69, 9.17) is 4.74 Å². The van der Waals surface area contributed by atoms with Gasteiger partial charge in [0.25, 0.3) is 0 Å². The van der Waals surface area contributed by atoms with Crippen molar-refractivity contribution >= 4 is 18.3 Å². The molecule has 1 aromatic heterocycles. The Hall–Kier alpha value is -1.33. The molecule has 118 valence electrons. The number of aromatic nitrogens is 1. The van der Waals surface area contributed by atoms with Crippen LogP contribution in [0.2, 0.25) is 0 Å². The van der Waals surface area contributed by atoms with Crippen molar-refractivity contribution in [2.45, 2.75) is 44.8 Å². The van der Waals surface area contributed by atoms with Crippen LogP contribution in [-0.2, 0) is 11.3 Å². The van der Waals surface area contributed by atoms with Crippen molar-refractivity contribution in [3.8, 4) is 5.88 Å². The summed E-state index contributed by atoms with van der Waals surface area (Å²) in [6, 6.07) is 3.81.